The molecule has 1 unspecified atom stereocenters. The number of carboxylic acid groups (broad SMARTS) is 1. The van der Waals surface area contributed by atoms with Crippen LogP contribution in [0.2, 0.25) is 0 Å². The minimum atomic E-state index is -0.600. The standard InChI is InChI=1S/C27H40N2O3/c30-25(31)27(11-12-27)19-29-15-13-26(14-16-29,20-32-22-9-5-2-6-10-22)18-28-24-17-23(24)21-7-3-1-4-8-21/h1,3-4,7-8,22-24,28H,2,5-6,9-20H2,(H,30,31)/t23-,24?/m0/s1. The van der Waals surface area contributed by atoms with Gasteiger partial charge < -0.3 is 20.1 Å². The molecular weight excluding hydrogens is 400 g/mol. The van der Waals surface area contributed by atoms with E-state index in [9.17, 15) is 9.90 Å². The Morgan fingerprint density at radius 2 is 1.78 bits per heavy atom. The summed E-state index contributed by atoms with van der Waals surface area (Å²) in [6.07, 6.45) is 12.0. The topological polar surface area (TPSA) is 61.8 Å². The van der Waals surface area contributed by atoms with Gasteiger partial charge in [-0.05, 0) is 63.6 Å². The summed E-state index contributed by atoms with van der Waals surface area (Å²) in [5, 5.41) is 13.5. The summed E-state index contributed by atoms with van der Waals surface area (Å²) in [6, 6.07) is 11.5. The molecule has 1 aromatic carbocycles. The number of rotatable bonds is 10. The first-order valence-corrected chi connectivity index (χ1v) is 12.9. The molecule has 0 amide bonds. The number of nitrogens with zero attached hydrogens (tertiary/aromatic N) is 1. The fourth-order valence-electron chi connectivity index (χ4n) is 5.94. The van der Waals surface area contributed by atoms with E-state index in [1.807, 2.05) is 0 Å². The van der Waals surface area contributed by atoms with Crippen molar-refractivity contribution in [1.29, 1.82) is 0 Å². The Bertz CT molecular complexity index is 764. The fourth-order valence-corrected chi connectivity index (χ4v) is 5.94. The zero-order chi connectivity index (χ0) is 22.0. The Morgan fingerprint density at radius 1 is 1.06 bits per heavy atom. The van der Waals surface area contributed by atoms with Gasteiger partial charge in [-0.25, -0.2) is 0 Å². The highest BCUT2D eigenvalue weighted by Crippen LogP contribution is 2.47. The van der Waals surface area contributed by atoms with Crippen LogP contribution < -0.4 is 5.32 Å². The van der Waals surface area contributed by atoms with Crippen LogP contribution in [0.25, 0.3) is 0 Å². The van der Waals surface area contributed by atoms with Crippen LogP contribution in [-0.2, 0) is 9.53 Å². The van der Waals surface area contributed by atoms with Crippen LogP contribution in [0.15, 0.2) is 30.3 Å². The molecule has 2 N–H and O–H groups in total. The molecule has 176 valence electrons. The number of carboxylic acids is 1. The highest BCUT2D eigenvalue weighted by molar-refractivity contribution is 5.78. The molecule has 0 radical (unpaired) electrons. The molecule has 5 heteroatoms. The van der Waals surface area contributed by atoms with Gasteiger partial charge >= 0.3 is 5.97 Å². The minimum Gasteiger partial charge on any atom is -0.481 e. The van der Waals surface area contributed by atoms with Crippen LogP contribution in [0.1, 0.15) is 75.7 Å². The first-order chi connectivity index (χ1) is 15.6. The van der Waals surface area contributed by atoms with Crippen LogP contribution in [0.3, 0.4) is 0 Å². The maximum atomic E-state index is 11.6. The van der Waals surface area contributed by atoms with E-state index in [0.29, 0.717) is 18.1 Å². The SMILES string of the molecule is O=C(O)C1(CN2CCC(CNC3C[C@H]3c3ccccc3)(COC3CCCCC3)CC2)CC1. The van der Waals surface area contributed by atoms with E-state index in [-0.39, 0.29) is 5.41 Å². The van der Waals surface area contributed by atoms with Gasteiger partial charge in [0.15, 0.2) is 0 Å². The lowest BCUT2D eigenvalue weighted by Crippen LogP contribution is -2.50. The highest BCUT2D eigenvalue weighted by atomic mass is 16.5. The maximum absolute atomic E-state index is 11.6. The molecule has 1 aliphatic heterocycles. The molecule has 1 aromatic rings. The average Bonchev–Trinajstić information content (AvgIpc) is 3.75. The summed E-state index contributed by atoms with van der Waals surface area (Å²) < 4.78 is 6.52. The molecule has 1 saturated heterocycles. The fraction of sp³-hybridized carbons (Fsp3) is 0.741. The molecule has 1 heterocycles. The Balaban J connectivity index is 1.16. The summed E-state index contributed by atoms with van der Waals surface area (Å²) >= 11 is 0. The van der Waals surface area contributed by atoms with Gasteiger partial charge in [0.25, 0.3) is 0 Å². The van der Waals surface area contributed by atoms with Crippen molar-refractivity contribution in [1.82, 2.24) is 10.2 Å². The molecule has 3 saturated carbocycles. The number of piperidine rings is 1. The second-order valence-electron chi connectivity index (χ2n) is 11.2. The monoisotopic (exact) mass is 440 g/mol. The van der Waals surface area contributed by atoms with E-state index in [4.69, 9.17) is 4.74 Å². The third-order valence-corrected chi connectivity index (χ3v) is 8.69. The van der Waals surface area contributed by atoms with E-state index in [1.54, 1.807) is 0 Å². The lowest BCUT2D eigenvalue weighted by atomic mass is 9.78. The zero-order valence-corrected chi connectivity index (χ0v) is 19.4. The van der Waals surface area contributed by atoms with Crippen molar-refractivity contribution < 1.29 is 14.6 Å². The van der Waals surface area contributed by atoms with Gasteiger partial charge in [0.1, 0.15) is 0 Å². The Labute approximate surface area is 192 Å². The normalized spacial score (nSPS) is 29.5. The van der Waals surface area contributed by atoms with Crippen molar-refractivity contribution in [2.45, 2.75) is 82.3 Å². The molecule has 2 atom stereocenters. The molecule has 3 aliphatic carbocycles. The summed E-state index contributed by atoms with van der Waals surface area (Å²) in [4.78, 5) is 14.0. The molecule has 5 nitrogen and oxygen atoms in total. The average molecular weight is 441 g/mol. The summed E-state index contributed by atoms with van der Waals surface area (Å²) in [5.41, 5.74) is 1.18. The predicted octanol–water partition coefficient (Wildman–Crippen LogP) is 4.43. The van der Waals surface area contributed by atoms with E-state index in [0.717, 1.165) is 58.5 Å². The molecule has 0 spiro atoms. The van der Waals surface area contributed by atoms with Gasteiger partial charge in [0, 0.05) is 30.5 Å². The van der Waals surface area contributed by atoms with Crippen LogP contribution in [0, 0.1) is 10.8 Å². The van der Waals surface area contributed by atoms with E-state index in [1.165, 1.54) is 44.1 Å². The number of ether oxygens (including phenoxy) is 1. The van der Waals surface area contributed by atoms with E-state index >= 15 is 0 Å². The van der Waals surface area contributed by atoms with Gasteiger partial charge in [-0.3, -0.25) is 4.79 Å². The van der Waals surface area contributed by atoms with Crippen molar-refractivity contribution in [3.8, 4) is 0 Å². The first-order valence-electron chi connectivity index (χ1n) is 12.9. The van der Waals surface area contributed by atoms with E-state index < -0.39 is 11.4 Å². The lowest BCUT2D eigenvalue weighted by molar-refractivity contribution is -0.144. The van der Waals surface area contributed by atoms with Crippen LogP contribution >= 0.6 is 0 Å². The second-order valence-corrected chi connectivity index (χ2v) is 11.2. The van der Waals surface area contributed by atoms with Crippen molar-refractivity contribution in [2.75, 3.05) is 32.8 Å². The summed E-state index contributed by atoms with van der Waals surface area (Å²) in [5.74, 6) is 0.0511. The second kappa shape index (κ2) is 9.44. The number of aliphatic carboxylic acids is 1. The number of benzene rings is 1. The lowest BCUT2D eigenvalue weighted by Gasteiger charge is -2.43. The van der Waals surface area contributed by atoms with Gasteiger partial charge in [0.05, 0.1) is 18.1 Å². The Hall–Kier alpha value is -1.43. The van der Waals surface area contributed by atoms with Crippen LogP contribution in [-0.4, -0.2) is 60.9 Å². The molecule has 0 aromatic heterocycles. The van der Waals surface area contributed by atoms with Crippen molar-refractivity contribution in [3.05, 3.63) is 35.9 Å². The number of hydrogen-bond acceptors (Lipinski definition) is 4. The smallest absolute Gasteiger partial charge is 0.310 e. The van der Waals surface area contributed by atoms with Gasteiger partial charge in [-0.15, -0.1) is 0 Å². The molecule has 32 heavy (non-hydrogen) atoms. The van der Waals surface area contributed by atoms with Crippen LogP contribution in [0.4, 0.5) is 0 Å². The molecule has 0 bridgehead atoms. The Kier molecular flexibility index (Phi) is 6.60. The third kappa shape index (κ3) is 5.21. The largest absolute Gasteiger partial charge is 0.481 e. The van der Waals surface area contributed by atoms with Gasteiger partial charge in [0.2, 0.25) is 0 Å². The summed E-state index contributed by atoms with van der Waals surface area (Å²) in [7, 11) is 0. The molecule has 4 fully saturated rings. The van der Waals surface area contributed by atoms with Gasteiger partial charge in [-0.2, -0.15) is 0 Å². The number of carbonyl (C=O) groups is 1. The molecule has 5 rings (SSSR count). The quantitative estimate of drug-likeness (QED) is 0.564. The first kappa shape index (κ1) is 22.4. The number of hydrogen-bond donors (Lipinski definition) is 2. The van der Waals surface area contributed by atoms with Crippen molar-refractivity contribution in [2.24, 2.45) is 10.8 Å². The van der Waals surface area contributed by atoms with Crippen molar-refractivity contribution >= 4 is 5.97 Å². The molecule has 4 aliphatic rings. The predicted molar refractivity (Wildman–Crippen MR) is 126 cm³/mol. The third-order valence-electron chi connectivity index (χ3n) is 8.69. The summed E-state index contributed by atoms with van der Waals surface area (Å²) in [6.45, 7) is 4.60. The van der Waals surface area contributed by atoms with Crippen molar-refractivity contribution in [3.63, 3.8) is 0 Å². The number of nitrogens with one attached hydrogen (secondary N) is 1. The highest BCUT2D eigenvalue weighted by Gasteiger charge is 2.52. The van der Waals surface area contributed by atoms with Crippen LogP contribution in [0.5, 0.6) is 0 Å². The molecular formula is C27H40N2O3. The number of likely N-dealkylation sites (tertiary alicyclic amines) is 1. The van der Waals surface area contributed by atoms with E-state index in [2.05, 4.69) is 40.5 Å². The Morgan fingerprint density at radius 3 is 2.44 bits per heavy atom. The van der Waals surface area contributed by atoms with Gasteiger partial charge in [-0.1, -0.05) is 49.6 Å². The minimum absolute atomic E-state index is 0.178. The zero-order valence-electron chi connectivity index (χ0n) is 19.4. The maximum Gasteiger partial charge on any atom is 0.310 e.